The molecule has 0 radical (unpaired) electrons. The van der Waals surface area contributed by atoms with E-state index < -0.39 is 11.6 Å². The van der Waals surface area contributed by atoms with Crippen LogP contribution in [0.15, 0.2) is 36.4 Å². The minimum Gasteiger partial charge on any atom is -0.310 e. The lowest BCUT2D eigenvalue weighted by molar-refractivity contribution is 0.509. The summed E-state index contributed by atoms with van der Waals surface area (Å²) in [6.07, 6.45) is 0.377. The lowest BCUT2D eigenvalue weighted by atomic mass is 9.98. The lowest BCUT2D eigenvalue weighted by Gasteiger charge is -2.20. The number of benzene rings is 2. The van der Waals surface area contributed by atoms with Crippen LogP contribution < -0.4 is 5.32 Å². The first-order chi connectivity index (χ1) is 10.0. The molecule has 0 heterocycles. The van der Waals surface area contributed by atoms with Gasteiger partial charge >= 0.3 is 0 Å². The monoisotopic (exact) mass is 329 g/mol. The molecule has 0 aromatic heterocycles. The van der Waals surface area contributed by atoms with Crippen LogP contribution in [0.2, 0.25) is 10.0 Å². The predicted molar refractivity (Wildman–Crippen MR) is 82.9 cm³/mol. The van der Waals surface area contributed by atoms with Crippen LogP contribution in [0.4, 0.5) is 8.78 Å². The molecule has 21 heavy (non-hydrogen) atoms. The molecule has 0 aliphatic heterocycles. The van der Waals surface area contributed by atoms with Crippen LogP contribution in [0.5, 0.6) is 0 Å². The van der Waals surface area contributed by atoms with Gasteiger partial charge in [-0.25, -0.2) is 8.78 Å². The molecule has 0 aliphatic carbocycles. The molecule has 0 spiro atoms. The smallest absolute Gasteiger partial charge is 0.146 e. The molecule has 1 unspecified atom stereocenters. The van der Waals surface area contributed by atoms with Crippen molar-refractivity contribution in [2.45, 2.75) is 19.4 Å². The van der Waals surface area contributed by atoms with E-state index >= 15 is 0 Å². The van der Waals surface area contributed by atoms with E-state index in [0.717, 1.165) is 0 Å². The van der Waals surface area contributed by atoms with Crippen molar-refractivity contribution in [1.82, 2.24) is 5.32 Å². The zero-order valence-electron chi connectivity index (χ0n) is 11.5. The van der Waals surface area contributed by atoms with Crippen molar-refractivity contribution < 1.29 is 8.78 Å². The highest BCUT2D eigenvalue weighted by molar-refractivity contribution is 6.31. The van der Waals surface area contributed by atoms with Crippen molar-refractivity contribution in [2.75, 3.05) is 6.54 Å². The highest BCUT2D eigenvalue weighted by atomic mass is 35.5. The first-order valence-electron chi connectivity index (χ1n) is 6.64. The maximum absolute atomic E-state index is 14.2. The van der Waals surface area contributed by atoms with Crippen LogP contribution in [-0.2, 0) is 6.42 Å². The number of nitrogens with one attached hydrogen (secondary N) is 1. The lowest BCUT2D eigenvalue weighted by Crippen LogP contribution is -2.24. The van der Waals surface area contributed by atoms with Crippen LogP contribution >= 0.6 is 23.2 Å². The van der Waals surface area contributed by atoms with E-state index in [4.69, 9.17) is 23.2 Å². The van der Waals surface area contributed by atoms with Gasteiger partial charge in [-0.15, -0.1) is 0 Å². The quantitative estimate of drug-likeness (QED) is 0.798. The molecule has 1 nitrogen and oxygen atoms in total. The van der Waals surface area contributed by atoms with Crippen molar-refractivity contribution in [1.29, 1.82) is 0 Å². The summed E-state index contributed by atoms with van der Waals surface area (Å²) >= 11 is 11.8. The third-order valence-electron chi connectivity index (χ3n) is 3.26. The topological polar surface area (TPSA) is 12.0 Å². The molecule has 5 heteroatoms. The summed E-state index contributed by atoms with van der Waals surface area (Å²) in [6.45, 7) is 2.56. The van der Waals surface area contributed by atoms with Crippen molar-refractivity contribution in [3.63, 3.8) is 0 Å². The number of hydrogen-bond donors (Lipinski definition) is 1. The Balaban J connectivity index is 2.35. The Morgan fingerprint density at radius 3 is 2.52 bits per heavy atom. The molecule has 0 bridgehead atoms. The fraction of sp³-hybridized carbons (Fsp3) is 0.250. The molecule has 1 atom stereocenters. The fourth-order valence-electron chi connectivity index (χ4n) is 2.25. The van der Waals surface area contributed by atoms with Crippen LogP contribution in [0.3, 0.4) is 0 Å². The number of likely N-dealkylation sites (N-methyl/N-ethyl adjacent to an activating group) is 1. The second kappa shape index (κ2) is 7.21. The standard InChI is InChI=1S/C16H15Cl2F2N/c1-2-21-14(11-6-4-7-12(17)16(11)20)9-10-5-3-8-13(19)15(10)18/h3-8,14,21H,2,9H2,1H3. The van der Waals surface area contributed by atoms with Crippen LogP contribution in [-0.4, -0.2) is 6.54 Å². The largest absolute Gasteiger partial charge is 0.310 e. The molecule has 0 aliphatic rings. The zero-order chi connectivity index (χ0) is 15.4. The molecule has 0 fully saturated rings. The van der Waals surface area contributed by atoms with Gasteiger partial charge in [-0.05, 0) is 30.7 Å². The van der Waals surface area contributed by atoms with E-state index in [-0.39, 0.29) is 16.1 Å². The van der Waals surface area contributed by atoms with E-state index in [1.165, 1.54) is 12.1 Å². The second-order valence-corrected chi connectivity index (χ2v) is 5.46. The molecular formula is C16H15Cl2F2N. The van der Waals surface area contributed by atoms with E-state index in [0.29, 0.717) is 24.1 Å². The Labute approximate surface area is 132 Å². The Bertz CT molecular complexity index is 632. The van der Waals surface area contributed by atoms with Gasteiger partial charge in [0.15, 0.2) is 0 Å². The summed E-state index contributed by atoms with van der Waals surface area (Å²) in [7, 11) is 0. The van der Waals surface area contributed by atoms with Gasteiger partial charge in [0.2, 0.25) is 0 Å². The summed E-state index contributed by atoms with van der Waals surface area (Å²) in [4.78, 5) is 0. The van der Waals surface area contributed by atoms with Gasteiger partial charge in [-0.2, -0.15) is 0 Å². The molecule has 0 amide bonds. The maximum Gasteiger partial charge on any atom is 0.146 e. The minimum atomic E-state index is -0.476. The number of hydrogen-bond acceptors (Lipinski definition) is 1. The highest BCUT2D eigenvalue weighted by Gasteiger charge is 2.19. The minimum absolute atomic E-state index is 0.0701. The summed E-state index contributed by atoms with van der Waals surface area (Å²) in [5.74, 6) is -0.936. The Kier molecular flexibility index (Phi) is 5.57. The van der Waals surface area contributed by atoms with Crippen LogP contribution in [0, 0.1) is 11.6 Å². The summed E-state index contributed by atoms with van der Waals surface area (Å²) in [5.41, 5.74) is 1.08. The van der Waals surface area contributed by atoms with Crippen LogP contribution in [0.1, 0.15) is 24.1 Å². The molecule has 0 saturated heterocycles. The van der Waals surface area contributed by atoms with Crippen molar-refractivity contribution in [3.8, 4) is 0 Å². The van der Waals surface area contributed by atoms with Gasteiger partial charge in [0, 0.05) is 11.6 Å². The summed E-state index contributed by atoms with van der Waals surface area (Å²) in [5, 5.41) is 3.32. The highest BCUT2D eigenvalue weighted by Crippen LogP contribution is 2.29. The first kappa shape index (κ1) is 16.2. The van der Waals surface area contributed by atoms with E-state index in [9.17, 15) is 8.78 Å². The molecule has 0 saturated carbocycles. The van der Waals surface area contributed by atoms with E-state index in [1.807, 2.05) is 6.92 Å². The average Bonchev–Trinajstić information content (AvgIpc) is 2.46. The van der Waals surface area contributed by atoms with Crippen molar-refractivity contribution >= 4 is 23.2 Å². The third-order valence-corrected chi connectivity index (χ3v) is 3.98. The van der Waals surface area contributed by atoms with Gasteiger partial charge in [0.25, 0.3) is 0 Å². The zero-order valence-corrected chi connectivity index (χ0v) is 13.0. The fourth-order valence-corrected chi connectivity index (χ4v) is 2.64. The Morgan fingerprint density at radius 1 is 1.10 bits per heavy atom. The number of halogens is 4. The average molecular weight is 330 g/mol. The first-order valence-corrected chi connectivity index (χ1v) is 7.40. The maximum atomic E-state index is 14.2. The van der Waals surface area contributed by atoms with Gasteiger partial charge in [-0.3, -0.25) is 0 Å². The van der Waals surface area contributed by atoms with Gasteiger partial charge in [-0.1, -0.05) is 54.4 Å². The molecular weight excluding hydrogens is 315 g/mol. The van der Waals surface area contributed by atoms with Gasteiger partial charge in [0.1, 0.15) is 11.6 Å². The molecule has 2 rings (SSSR count). The van der Waals surface area contributed by atoms with Crippen LogP contribution in [0.25, 0.3) is 0 Å². The summed E-state index contributed by atoms with van der Waals surface area (Å²) < 4.78 is 27.7. The molecule has 1 N–H and O–H groups in total. The molecule has 2 aromatic carbocycles. The second-order valence-electron chi connectivity index (χ2n) is 4.67. The molecule has 2 aromatic rings. The predicted octanol–water partition coefficient (Wildman–Crippen LogP) is 5.16. The Hall–Kier alpha value is -1.16. The van der Waals surface area contributed by atoms with E-state index in [2.05, 4.69) is 5.32 Å². The SMILES string of the molecule is CCNC(Cc1cccc(F)c1Cl)c1cccc(Cl)c1F. The summed E-state index contributed by atoms with van der Waals surface area (Å²) in [6, 6.07) is 9.16. The Morgan fingerprint density at radius 2 is 1.81 bits per heavy atom. The third kappa shape index (κ3) is 3.73. The van der Waals surface area contributed by atoms with Crippen molar-refractivity contribution in [3.05, 3.63) is 69.2 Å². The van der Waals surface area contributed by atoms with E-state index in [1.54, 1.807) is 24.3 Å². The number of rotatable bonds is 5. The molecule has 112 valence electrons. The van der Waals surface area contributed by atoms with Gasteiger partial charge < -0.3 is 5.32 Å². The normalized spacial score (nSPS) is 12.4. The van der Waals surface area contributed by atoms with Gasteiger partial charge in [0.05, 0.1) is 10.0 Å². The van der Waals surface area contributed by atoms with Crippen molar-refractivity contribution in [2.24, 2.45) is 0 Å².